The number of benzene rings is 2. The maximum atomic E-state index is 13.0. The average molecular weight is 462 g/mol. The Labute approximate surface area is 187 Å². The van der Waals surface area contributed by atoms with Crippen LogP contribution in [0.25, 0.3) is 0 Å². The molecular weight excluding hydrogens is 438 g/mol. The third-order valence-corrected chi connectivity index (χ3v) is 7.95. The molecule has 0 bridgehead atoms. The summed E-state index contributed by atoms with van der Waals surface area (Å²) in [5.41, 5.74) is 1.68. The first kappa shape index (κ1) is 21.8. The lowest BCUT2D eigenvalue weighted by molar-refractivity contribution is -0.136. The van der Waals surface area contributed by atoms with Crippen LogP contribution in [0.3, 0.4) is 0 Å². The normalized spacial score (nSPS) is 20.3. The summed E-state index contributed by atoms with van der Waals surface area (Å²) in [4.78, 5) is 29.0. The number of carbonyl (C=O) groups excluding carboxylic acids is 2. The van der Waals surface area contributed by atoms with Gasteiger partial charge < -0.3 is 9.80 Å². The van der Waals surface area contributed by atoms with Crippen molar-refractivity contribution in [3.8, 4) is 0 Å². The fraction of sp³-hybridized carbons (Fsp3) is 0.364. The Hall–Kier alpha value is -2.42. The van der Waals surface area contributed by atoms with Crippen molar-refractivity contribution in [3.05, 3.63) is 59.1 Å². The summed E-state index contributed by atoms with van der Waals surface area (Å²) in [5.74, 6) is -0.654. The van der Waals surface area contributed by atoms with E-state index in [1.807, 2.05) is 6.92 Å². The van der Waals surface area contributed by atoms with Crippen molar-refractivity contribution < 1.29 is 18.0 Å². The Morgan fingerprint density at radius 1 is 1.03 bits per heavy atom. The number of amides is 2. The predicted molar refractivity (Wildman–Crippen MR) is 118 cm³/mol. The monoisotopic (exact) mass is 461 g/mol. The van der Waals surface area contributed by atoms with Crippen molar-refractivity contribution in [3.63, 3.8) is 0 Å². The van der Waals surface area contributed by atoms with E-state index in [1.165, 1.54) is 4.31 Å². The van der Waals surface area contributed by atoms with Crippen molar-refractivity contribution in [1.29, 1.82) is 0 Å². The van der Waals surface area contributed by atoms with E-state index in [1.54, 1.807) is 58.3 Å². The van der Waals surface area contributed by atoms with Crippen LogP contribution >= 0.6 is 11.6 Å². The summed E-state index contributed by atoms with van der Waals surface area (Å²) >= 11 is 6.03. The Kier molecular flexibility index (Phi) is 6.05. The van der Waals surface area contributed by atoms with Crippen LogP contribution in [0.4, 0.5) is 5.69 Å². The number of hydrogen-bond donors (Lipinski definition) is 0. The molecule has 2 aromatic rings. The third kappa shape index (κ3) is 4.46. The molecule has 2 aromatic carbocycles. The Balaban J connectivity index is 1.38. The molecule has 164 valence electrons. The average Bonchev–Trinajstić information content (AvgIpc) is 3.15. The molecule has 2 amide bonds. The number of rotatable bonds is 4. The summed E-state index contributed by atoms with van der Waals surface area (Å²) in [6.45, 7) is 3.31. The van der Waals surface area contributed by atoms with Gasteiger partial charge in [-0.3, -0.25) is 9.59 Å². The van der Waals surface area contributed by atoms with E-state index in [2.05, 4.69) is 0 Å². The van der Waals surface area contributed by atoms with Crippen LogP contribution in [0.15, 0.2) is 53.4 Å². The van der Waals surface area contributed by atoms with Gasteiger partial charge in [0.25, 0.3) is 0 Å². The van der Waals surface area contributed by atoms with Crippen molar-refractivity contribution in [2.75, 3.05) is 37.6 Å². The first-order valence-corrected chi connectivity index (χ1v) is 12.0. The molecule has 0 N–H and O–H groups in total. The lowest BCUT2D eigenvalue weighted by atomic mass is 10.1. The van der Waals surface area contributed by atoms with Crippen LogP contribution in [-0.2, 0) is 19.6 Å². The maximum absolute atomic E-state index is 13.0. The number of hydrogen-bond acceptors (Lipinski definition) is 4. The van der Waals surface area contributed by atoms with Gasteiger partial charge >= 0.3 is 0 Å². The molecule has 0 spiro atoms. The molecule has 0 aliphatic carbocycles. The molecule has 0 unspecified atom stereocenters. The highest BCUT2D eigenvalue weighted by molar-refractivity contribution is 7.89. The van der Waals surface area contributed by atoms with Crippen molar-refractivity contribution in [1.82, 2.24) is 9.21 Å². The van der Waals surface area contributed by atoms with Crippen LogP contribution in [0.1, 0.15) is 12.0 Å². The zero-order valence-corrected chi connectivity index (χ0v) is 18.8. The van der Waals surface area contributed by atoms with Gasteiger partial charge in [-0.05, 0) is 37.3 Å². The van der Waals surface area contributed by atoms with Gasteiger partial charge in [-0.25, -0.2) is 8.42 Å². The molecule has 1 atom stereocenters. The van der Waals surface area contributed by atoms with Gasteiger partial charge in [0.15, 0.2) is 0 Å². The molecule has 0 aromatic heterocycles. The fourth-order valence-corrected chi connectivity index (χ4v) is 5.64. The first-order valence-electron chi connectivity index (χ1n) is 10.2. The van der Waals surface area contributed by atoms with E-state index >= 15 is 0 Å². The molecule has 9 heteroatoms. The second kappa shape index (κ2) is 8.61. The molecule has 2 aliphatic rings. The maximum Gasteiger partial charge on any atom is 0.243 e. The standard InChI is InChI=1S/C22H24ClN3O4S/c1-16-5-7-20(8-6-16)31(29,30)25-11-9-24(10-12-25)22(28)17-13-21(27)26(15-17)19-4-2-3-18(23)14-19/h2-8,14,17H,9-13,15H2,1H3/t17-/m1/s1. The molecular formula is C22H24ClN3O4S. The van der Waals surface area contributed by atoms with Crippen molar-refractivity contribution in [2.45, 2.75) is 18.2 Å². The van der Waals surface area contributed by atoms with Gasteiger partial charge in [-0.15, -0.1) is 0 Å². The zero-order chi connectivity index (χ0) is 22.2. The Morgan fingerprint density at radius 3 is 2.35 bits per heavy atom. The summed E-state index contributed by atoms with van der Waals surface area (Å²) in [7, 11) is -3.58. The summed E-state index contributed by atoms with van der Waals surface area (Å²) in [6, 6.07) is 13.8. The van der Waals surface area contributed by atoms with Crippen LogP contribution in [-0.4, -0.2) is 62.2 Å². The number of carbonyl (C=O) groups is 2. The molecule has 0 saturated carbocycles. The van der Waals surface area contributed by atoms with E-state index < -0.39 is 15.9 Å². The highest BCUT2D eigenvalue weighted by atomic mass is 35.5. The van der Waals surface area contributed by atoms with E-state index in [0.717, 1.165) is 5.56 Å². The van der Waals surface area contributed by atoms with E-state index in [4.69, 9.17) is 11.6 Å². The molecule has 2 heterocycles. The summed E-state index contributed by atoms with van der Waals surface area (Å²) in [5, 5.41) is 0.533. The van der Waals surface area contributed by atoms with E-state index in [9.17, 15) is 18.0 Å². The fourth-order valence-electron chi connectivity index (χ4n) is 4.03. The molecule has 31 heavy (non-hydrogen) atoms. The third-order valence-electron chi connectivity index (χ3n) is 5.80. The molecule has 2 saturated heterocycles. The van der Waals surface area contributed by atoms with Gasteiger partial charge in [-0.2, -0.15) is 4.31 Å². The second-order valence-electron chi connectivity index (χ2n) is 7.93. The number of piperazine rings is 1. The minimum absolute atomic E-state index is 0.106. The lowest BCUT2D eigenvalue weighted by Crippen LogP contribution is -2.52. The lowest BCUT2D eigenvalue weighted by Gasteiger charge is -2.35. The van der Waals surface area contributed by atoms with Gasteiger partial charge in [0, 0.05) is 49.9 Å². The van der Waals surface area contributed by atoms with Crippen molar-refractivity contribution >= 4 is 39.1 Å². The number of sulfonamides is 1. The van der Waals surface area contributed by atoms with Gasteiger partial charge in [0.2, 0.25) is 21.8 Å². The Morgan fingerprint density at radius 2 is 1.71 bits per heavy atom. The first-order chi connectivity index (χ1) is 14.8. The van der Waals surface area contributed by atoms with Crippen LogP contribution in [0.5, 0.6) is 0 Å². The Bertz CT molecular complexity index is 1100. The smallest absolute Gasteiger partial charge is 0.243 e. The molecule has 2 fully saturated rings. The number of nitrogens with zero attached hydrogens (tertiary/aromatic N) is 3. The minimum Gasteiger partial charge on any atom is -0.340 e. The molecule has 0 radical (unpaired) electrons. The highest BCUT2D eigenvalue weighted by Gasteiger charge is 2.39. The minimum atomic E-state index is -3.58. The van der Waals surface area contributed by atoms with Gasteiger partial charge in [0.05, 0.1) is 10.8 Å². The van der Waals surface area contributed by atoms with E-state index in [0.29, 0.717) is 30.3 Å². The predicted octanol–water partition coefficient (Wildman–Crippen LogP) is 2.53. The number of aryl methyl sites for hydroxylation is 1. The molecule has 2 aliphatic heterocycles. The topological polar surface area (TPSA) is 78.0 Å². The number of anilines is 1. The largest absolute Gasteiger partial charge is 0.340 e. The summed E-state index contributed by atoms with van der Waals surface area (Å²) in [6.07, 6.45) is 0.146. The van der Waals surface area contributed by atoms with E-state index in [-0.39, 0.29) is 36.2 Å². The zero-order valence-electron chi connectivity index (χ0n) is 17.2. The number of halogens is 1. The SMILES string of the molecule is Cc1ccc(S(=O)(=O)N2CCN(C(=O)[C@@H]3CC(=O)N(c4cccc(Cl)c4)C3)CC2)cc1. The quantitative estimate of drug-likeness (QED) is 0.701. The van der Waals surface area contributed by atoms with Crippen molar-refractivity contribution in [2.24, 2.45) is 5.92 Å². The highest BCUT2D eigenvalue weighted by Crippen LogP contribution is 2.28. The van der Waals surface area contributed by atoms with Gasteiger partial charge in [-0.1, -0.05) is 35.4 Å². The van der Waals surface area contributed by atoms with Gasteiger partial charge in [0.1, 0.15) is 0 Å². The van der Waals surface area contributed by atoms with Crippen LogP contribution < -0.4 is 4.90 Å². The summed E-state index contributed by atoms with van der Waals surface area (Å²) < 4.78 is 27.1. The molecule has 4 rings (SSSR count). The second-order valence-corrected chi connectivity index (χ2v) is 10.3. The molecule has 7 nitrogen and oxygen atoms in total. The van der Waals surface area contributed by atoms with Crippen LogP contribution in [0, 0.1) is 12.8 Å². The van der Waals surface area contributed by atoms with Crippen LogP contribution in [0.2, 0.25) is 5.02 Å².